The van der Waals surface area contributed by atoms with E-state index < -0.39 is 12.0 Å². The highest BCUT2D eigenvalue weighted by Gasteiger charge is 2.30. The van der Waals surface area contributed by atoms with Gasteiger partial charge in [-0.3, -0.25) is 9.36 Å². The Balaban J connectivity index is 1.83. The topological polar surface area (TPSA) is 63.9 Å². The lowest BCUT2D eigenvalue weighted by atomic mass is 10.0. The lowest BCUT2D eigenvalue weighted by Crippen LogP contribution is -2.38. The molecule has 0 fully saturated rings. The minimum absolute atomic E-state index is 0.183. The Kier molecular flexibility index (Phi) is 6.93. The summed E-state index contributed by atoms with van der Waals surface area (Å²) in [5, 5.41) is 0. The van der Waals surface area contributed by atoms with Gasteiger partial charge < -0.3 is 9.64 Å². The Morgan fingerprint density at radius 2 is 1.82 bits per heavy atom. The Bertz CT molecular complexity index is 1430. The number of benzene rings is 2. The lowest BCUT2D eigenvalue weighted by molar-refractivity contribution is -0.139. The molecule has 34 heavy (non-hydrogen) atoms. The maximum absolute atomic E-state index is 13.5. The molecule has 0 aliphatic carbocycles. The van der Waals surface area contributed by atoms with Crippen molar-refractivity contribution in [2.24, 2.45) is 4.99 Å². The molecule has 2 heterocycles. The minimum Gasteiger partial charge on any atom is -0.463 e. The van der Waals surface area contributed by atoms with Gasteiger partial charge in [-0.2, -0.15) is 0 Å². The number of hydrogen-bond acceptors (Lipinski definition) is 6. The molecule has 7 heteroatoms. The van der Waals surface area contributed by atoms with Crippen LogP contribution in [0.3, 0.4) is 0 Å². The molecule has 0 radical (unpaired) electrons. The Morgan fingerprint density at radius 1 is 1.12 bits per heavy atom. The van der Waals surface area contributed by atoms with Crippen LogP contribution in [0.25, 0.3) is 12.2 Å². The molecule has 1 aromatic heterocycles. The monoisotopic (exact) mass is 473 g/mol. The number of aromatic nitrogens is 1. The number of esters is 1. The summed E-state index contributed by atoms with van der Waals surface area (Å²) < 4.78 is 7.46. The number of anilines is 1. The zero-order chi connectivity index (χ0) is 24.2. The summed E-state index contributed by atoms with van der Waals surface area (Å²) >= 11 is 1.32. The Hall–Kier alpha value is -3.71. The van der Waals surface area contributed by atoms with Crippen LogP contribution in [0.5, 0.6) is 0 Å². The summed E-state index contributed by atoms with van der Waals surface area (Å²) in [6.45, 7) is 3.80. The van der Waals surface area contributed by atoms with E-state index in [0.717, 1.165) is 16.8 Å². The van der Waals surface area contributed by atoms with Crippen molar-refractivity contribution in [1.29, 1.82) is 0 Å². The molecule has 1 aliphatic rings. The highest BCUT2D eigenvalue weighted by atomic mass is 32.1. The molecule has 0 amide bonds. The molecule has 0 unspecified atom stereocenters. The van der Waals surface area contributed by atoms with Gasteiger partial charge in [-0.25, -0.2) is 9.79 Å². The van der Waals surface area contributed by atoms with Gasteiger partial charge in [0.25, 0.3) is 5.56 Å². The first-order valence-corrected chi connectivity index (χ1v) is 11.9. The first kappa shape index (κ1) is 23.4. The van der Waals surface area contributed by atoms with Gasteiger partial charge in [-0.05, 0) is 43.2 Å². The van der Waals surface area contributed by atoms with E-state index in [1.165, 1.54) is 11.3 Å². The summed E-state index contributed by atoms with van der Waals surface area (Å²) in [6, 6.07) is 17.2. The SMILES string of the molecule is CCOC(=O)C1=C(C)N=c2sc(=Cc3ccc(N(C)C)cc3)c(=O)n2[C@@H]1/C=C/c1ccccc1. The number of fused-ring (bicyclic) bond motifs is 1. The lowest BCUT2D eigenvalue weighted by Gasteiger charge is -2.21. The fourth-order valence-corrected chi connectivity index (χ4v) is 4.86. The molecule has 6 nitrogen and oxygen atoms in total. The fraction of sp³-hybridized carbons (Fsp3) is 0.222. The summed E-state index contributed by atoms with van der Waals surface area (Å²) in [4.78, 5) is 33.5. The number of nitrogens with zero attached hydrogens (tertiary/aromatic N) is 3. The highest BCUT2D eigenvalue weighted by molar-refractivity contribution is 7.07. The van der Waals surface area contributed by atoms with Gasteiger partial charge in [0.15, 0.2) is 4.80 Å². The molecule has 0 N–H and O–H groups in total. The maximum atomic E-state index is 13.5. The zero-order valence-electron chi connectivity index (χ0n) is 19.7. The normalized spacial score (nSPS) is 15.9. The van der Waals surface area contributed by atoms with E-state index in [4.69, 9.17) is 4.74 Å². The largest absolute Gasteiger partial charge is 0.463 e. The highest BCUT2D eigenvalue weighted by Crippen LogP contribution is 2.26. The Morgan fingerprint density at radius 3 is 2.47 bits per heavy atom. The van der Waals surface area contributed by atoms with Crippen LogP contribution < -0.4 is 19.8 Å². The molecule has 0 spiro atoms. The summed E-state index contributed by atoms with van der Waals surface area (Å²) in [5.41, 5.74) is 3.74. The van der Waals surface area contributed by atoms with Crippen LogP contribution in [0.1, 0.15) is 31.0 Å². The summed E-state index contributed by atoms with van der Waals surface area (Å²) in [6.07, 6.45) is 5.65. The molecule has 1 aliphatic heterocycles. The van der Waals surface area contributed by atoms with Gasteiger partial charge in [0, 0.05) is 19.8 Å². The van der Waals surface area contributed by atoms with Crippen LogP contribution >= 0.6 is 11.3 Å². The van der Waals surface area contributed by atoms with Crippen molar-refractivity contribution in [3.05, 3.63) is 103 Å². The van der Waals surface area contributed by atoms with Crippen molar-refractivity contribution >= 4 is 35.1 Å². The fourth-order valence-electron chi connectivity index (χ4n) is 3.80. The van der Waals surface area contributed by atoms with Gasteiger partial charge in [-0.15, -0.1) is 0 Å². The van der Waals surface area contributed by atoms with Gasteiger partial charge in [-0.1, -0.05) is 66.0 Å². The molecule has 3 aromatic rings. The van der Waals surface area contributed by atoms with E-state index >= 15 is 0 Å². The molecular weight excluding hydrogens is 446 g/mol. The van der Waals surface area contributed by atoms with Crippen molar-refractivity contribution in [3.63, 3.8) is 0 Å². The van der Waals surface area contributed by atoms with Crippen LogP contribution in [0.2, 0.25) is 0 Å². The average Bonchev–Trinajstić information content (AvgIpc) is 3.12. The second-order valence-electron chi connectivity index (χ2n) is 8.10. The van der Waals surface area contributed by atoms with Crippen LogP contribution in [0.15, 0.2) is 81.7 Å². The van der Waals surface area contributed by atoms with Crippen LogP contribution in [0, 0.1) is 0 Å². The number of rotatable bonds is 6. The van der Waals surface area contributed by atoms with Crippen molar-refractivity contribution < 1.29 is 9.53 Å². The number of hydrogen-bond donors (Lipinski definition) is 0. The second-order valence-corrected chi connectivity index (χ2v) is 9.11. The van der Waals surface area contributed by atoms with E-state index in [1.807, 2.05) is 91.8 Å². The molecule has 0 saturated heterocycles. The quantitative estimate of drug-likeness (QED) is 0.514. The van der Waals surface area contributed by atoms with Gasteiger partial charge in [0.2, 0.25) is 0 Å². The number of ether oxygens (including phenoxy) is 1. The van der Waals surface area contributed by atoms with Gasteiger partial charge in [0.1, 0.15) is 0 Å². The third-order valence-corrected chi connectivity index (χ3v) is 6.52. The van der Waals surface area contributed by atoms with Crippen LogP contribution in [0.4, 0.5) is 5.69 Å². The van der Waals surface area contributed by atoms with E-state index in [9.17, 15) is 9.59 Å². The Labute approximate surface area is 202 Å². The first-order valence-electron chi connectivity index (χ1n) is 11.1. The molecule has 174 valence electrons. The molecule has 2 aromatic carbocycles. The van der Waals surface area contributed by atoms with Crippen molar-refractivity contribution in [1.82, 2.24) is 4.57 Å². The molecule has 0 saturated carbocycles. The number of thiazole rings is 1. The standard InChI is InChI=1S/C27H27N3O3S/c1-5-33-26(32)24-18(2)28-27-30(22(24)16-13-19-9-7-6-8-10-19)25(31)23(34-27)17-20-11-14-21(15-12-20)29(3)4/h6-17,22H,5H2,1-4H3/b16-13+,23-17?/t22-/m1/s1. The zero-order valence-corrected chi connectivity index (χ0v) is 20.5. The van der Waals surface area contributed by atoms with Crippen molar-refractivity contribution in [3.8, 4) is 0 Å². The maximum Gasteiger partial charge on any atom is 0.338 e. The van der Waals surface area contributed by atoms with Crippen LogP contribution in [-0.2, 0) is 9.53 Å². The van der Waals surface area contributed by atoms with E-state index in [2.05, 4.69) is 4.99 Å². The molecule has 1 atom stereocenters. The number of allylic oxidation sites excluding steroid dienone is 2. The predicted octanol–water partition coefficient (Wildman–Crippen LogP) is 3.53. The van der Waals surface area contributed by atoms with Crippen molar-refractivity contribution in [2.45, 2.75) is 19.9 Å². The van der Waals surface area contributed by atoms with E-state index in [1.54, 1.807) is 18.4 Å². The summed E-state index contributed by atoms with van der Waals surface area (Å²) in [5.74, 6) is -0.458. The average molecular weight is 474 g/mol. The van der Waals surface area contributed by atoms with Crippen molar-refractivity contribution in [2.75, 3.05) is 25.6 Å². The number of carbonyl (C=O) groups excluding carboxylic acids is 1. The molecule has 4 rings (SSSR count). The smallest absolute Gasteiger partial charge is 0.338 e. The minimum atomic E-state index is -0.603. The van der Waals surface area contributed by atoms with E-state index in [-0.39, 0.29) is 12.2 Å². The van der Waals surface area contributed by atoms with Gasteiger partial charge in [0.05, 0.1) is 28.5 Å². The second kappa shape index (κ2) is 10.1. The van der Waals surface area contributed by atoms with Crippen LogP contribution in [-0.4, -0.2) is 31.2 Å². The van der Waals surface area contributed by atoms with Gasteiger partial charge >= 0.3 is 5.97 Å². The number of carbonyl (C=O) groups is 1. The first-order chi connectivity index (χ1) is 16.4. The predicted molar refractivity (Wildman–Crippen MR) is 138 cm³/mol. The molecule has 0 bridgehead atoms. The third kappa shape index (κ3) is 4.79. The molecular formula is C27H27N3O3S. The van der Waals surface area contributed by atoms with E-state index in [0.29, 0.717) is 20.6 Å². The third-order valence-electron chi connectivity index (χ3n) is 5.54. The summed E-state index contributed by atoms with van der Waals surface area (Å²) in [7, 11) is 3.97.